The highest BCUT2D eigenvalue weighted by molar-refractivity contribution is 5.82. The van der Waals surface area contributed by atoms with E-state index in [0.29, 0.717) is 5.92 Å². The van der Waals surface area contributed by atoms with Crippen molar-refractivity contribution in [3.8, 4) is 0 Å². The van der Waals surface area contributed by atoms with Gasteiger partial charge in [0.25, 0.3) is 0 Å². The quantitative estimate of drug-likeness (QED) is 0.709. The summed E-state index contributed by atoms with van der Waals surface area (Å²) in [5, 5.41) is 2.95. The lowest BCUT2D eigenvalue weighted by atomic mass is 9.99. The molecule has 3 nitrogen and oxygen atoms in total. The first kappa shape index (κ1) is 13.4. The van der Waals surface area contributed by atoms with Gasteiger partial charge in [-0.05, 0) is 32.6 Å². The van der Waals surface area contributed by atoms with Crippen LogP contribution in [0.3, 0.4) is 0 Å². The van der Waals surface area contributed by atoms with Gasteiger partial charge in [-0.1, -0.05) is 20.8 Å². The van der Waals surface area contributed by atoms with Gasteiger partial charge in [0.15, 0.2) is 0 Å². The number of nitrogens with two attached hydrogens (primary N) is 1. The Morgan fingerprint density at radius 3 is 2.29 bits per heavy atom. The molecule has 1 atom stereocenters. The molecule has 0 aliphatic heterocycles. The van der Waals surface area contributed by atoms with Crippen molar-refractivity contribution in [3.05, 3.63) is 0 Å². The number of carbonyl (C=O) groups is 1. The Balaban J connectivity index is 4.08. The second-order valence-electron chi connectivity index (χ2n) is 4.96. The van der Waals surface area contributed by atoms with Gasteiger partial charge in [0.1, 0.15) is 0 Å². The first-order valence-corrected chi connectivity index (χ1v) is 5.36. The van der Waals surface area contributed by atoms with E-state index in [9.17, 15) is 4.79 Å². The maximum atomic E-state index is 11.6. The molecule has 1 amide bonds. The molecule has 0 fully saturated rings. The van der Waals surface area contributed by atoms with Crippen LogP contribution in [0.5, 0.6) is 0 Å². The summed E-state index contributed by atoms with van der Waals surface area (Å²) < 4.78 is 0. The highest BCUT2D eigenvalue weighted by Crippen LogP contribution is 2.09. The molecule has 3 heteroatoms. The van der Waals surface area contributed by atoms with E-state index in [1.165, 1.54) is 0 Å². The normalized spacial score (nSPS) is 14.2. The van der Waals surface area contributed by atoms with Crippen molar-refractivity contribution < 1.29 is 4.79 Å². The van der Waals surface area contributed by atoms with Crippen molar-refractivity contribution in [2.45, 2.75) is 59.0 Å². The fraction of sp³-hybridized carbons (Fsp3) is 0.909. The highest BCUT2D eigenvalue weighted by atomic mass is 16.2. The third-order valence-corrected chi connectivity index (χ3v) is 2.41. The third-order valence-electron chi connectivity index (χ3n) is 2.41. The van der Waals surface area contributed by atoms with Crippen LogP contribution in [0.1, 0.15) is 47.5 Å². The van der Waals surface area contributed by atoms with Gasteiger partial charge in [0, 0.05) is 5.54 Å². The van der Waals surface area contributed by atoms with E-state index >= 15 is 0 Å². The summed E-state index contributed by atoms with van der Waals surface area (Å²) in [6, 6.07) is -0.374. The van der Waals surface area contributed by atoms with E-state index in [0.717, 1.165) is 12.8 Å². The van der Waals surface area contributed by atoms with E-state index in [-0.39, 0.29) is 17.5 Å². The number of nitrogens with one attached hydrogen (secondary N) is 1. The molecule has 0 spiro atoms. The van der Waals surface area contributed by atoms with Crippen LogP contribution in [0.2, 0.25) is 0 Å². The van der Waals surface area contributed by atoms with E-state index in [2.05, 4.69) is 19.2 Å². The number of carbonyl (C=O) groups excluding carboxylic acids is 1. The van der Waals surface area contributed by atoms with Crippen LogP contribution in [0.15, 0.2) is 0 Å². The summed E-state index contributed by atoms with van der Waals surface area (Å²) in [7, 11) is 0. The summed E-state index contributed by atoms with van der Waals surface area (Å²) in [4.78, 5) is 11.6. The van der Waals surface area contributed by atoms with Crippen LogP contribution in [0.4, 0.5) is 0 Å². The first-order chi connectivity index (χ1) is 6.28. The Labute approximate surface area is 87.4 Å². The van der Waals surface area contributed by atoms with Crippen LogP contribution in [-0.4, -0.2) is 17.5 Å². The molecule has 0 aliphatic carbocycles. The van der Waals surface area contributed by atoms with E-state index in [4.69, 9.17) is 5.73 Å². The SMILES string of the molecule is CCC(C)(C)NC(=O)C(N)CC(C)C. The van der Waals surface area contributed by atoms with E-state index < -0.39 is 0 Å². The zero-order chi connectivity index (χ0) is 11.4. The summed E-state index contributed by atoms with van der Waals surface area (Å²) in [5.74, 6) is 0.422. The van der Waals surface area contributed by atoms with E-state index in [1.807, 2.05) is 20.8 Å². The first-order valence-electron chi connectivity index (χ1n) is 5.36. The van der Waals surface area contributed by atoms with Gasteiger partial charge < -0.3 is 11.1 Å². The van der Waals surface area contributed by atoms with Crippen LogP contribution >= 0.6 is 0 Å². The van der Waals surface area contributed by atoms with Crippen molar-refractivity contribution >= 4 is 5.91 Å². The predicted molar refractivity (Wildman–Crippen MR) is 59.9 cm³/mol. The minimum atomic E-state index is -0.374. The van der Waals surface area contributed by atoms with Crippen molar-refractivity contribution in [3.63, 3.8) is 0 Å². The Morgan fingerprint density at radius 1 is 1.43 bits per heavy atom. The molecule has 0 aromatic rings. The lowest BCUT2D eigenvalue weighted by Crippen LogP contribution is -2.50. The molecule has 0 bridgehead atoms. The number of amides is 1. The second-order valence-corrected chi connectivity index (χ2v) is 4.96. The minimum absolute atomic E-state index is 0.0365. The monoisotopic (exact) mass is 200 g/mol. The number of rotatable bonds is 5. The van der Waals surface area contributed by atoms with Gasteiger partial charge in [-0.2, -0.15) is 0 Å². The largest absolute Gasteiger partial charge is 0.350 e. The Kier molecular flexibility index (Phi) is 5.13. The van der Waals surface area contributed by atoms with Crippen LogP contribution < -0.4 is 11.1 Å². The second kappa shape index (κ2) is 5.35. The van der Waals surface area contributed by atoms with Crippen molar-refractivity contribution in [2.75, 3.05) is 0 Å². The predicted octanol–water partition coefficient (Wildman–Crippen LogP) is 1.66. The van der Waals surface area contributed by atoms with Crippen molar-refractivity contribution in [1.82, 2.24) is 5.32 Å². The van der Waals surface area contributed by atoms with Crippen LogP contribution in [0.25, 0.3) is 0 Å². The van der Waals surface area contributed by atoms with E-state index in [1.54, 1.807) is 0 Å². The molecule has 14 heavy (non-hydrogen) atoms. The van der Waals surface area contributed by atoms with Gasteiger partial charge >= 0.3 is 0 Å². The molecular weight excluding hydrogens is 176 g/mol. The fourth-order valence-electron chi connectivity index (χ4n) is 1.13. The summed E-state index contributed by atoms with van der Waals surface area (Å²) in [6.07, 6.45) is 1.65. The lowest BCUT2D eigenvalue weighted by molar-refractivity contribution is -0.124. The summed E-state index contributed by atoms with van der Waals surface area (Å²) in [6.45, 7) is 10.2. The molecule has 0 aliphatic rings. The molecule has 0 saturated carbocycles. The highest BCUT2D eigenvalue weighted by Gasteiger charge is 2.22. The molecule has 0 saturated heterocycles. The Bertz CT molecular complexity index is 188. The summed E-state index contributed by atoms with van der Waals surface area (Å²) >= 11 is 0. The third kappa shape index (κ3) is 5.22. The molecule has 0 radical (unpaired) electrons. The number of hydrogen-bond donors (Lipinski definition) is 2. The van der Waals surface area contributed by atoms with Crippen molar-refractivity contribution in [1.29, 1.82) is 0 Å². The molecule has 0 heterocycles. The van der Waals surface area contributed by atoms with Gasteiger partial charge in [-0.15, -0.1) is 0 Å². The molecular formula is C11H24N2O. The standard InChI is InChI=1S/C11H24N2O/c1-6-11(4,5)13-10(14)9(12)7-8(2)3/h8-9H,6-7,12H2,1-5H3,(H,13,14). The number of hydrogen-bond acceptors (Lipinski definition) is 2. The van der Waals surface area contributed by atoms with Crippen molar-refractivity contribution in [2.24, 2.45) is 11.7 Å². The van der Waals surface area contributed by atoms with Gasteiger partial charge in [0.2, 0.25) is 5.91 Å². The zero-order valence-corrected chi connectivity index (χ0v) is 10.1. The topological polar surface area (TPSA) is 55.1 Å². The maximum absolute atomic E-state index is 11.6. The Morgan fingerprint density at radius 2 is 1.93 bits per heavy atom. The zero-order valence-electron chi connectivity index (χ0n) is 10.1. The smallest absolute Gasteiger partial charge is 0.237 e. The lowest BCUT2D eigenvalue weighted by Gasteiger charge is -2.26. The van der Waals surface area contributed by atoms with Gasteiger partial charge in [-0.3, -0.25) is 4.79 Å². The minimum Gasteiger partial charge on any atom is -0.350 e. The fourth-order valence-corrected chi connectivity index (χ4v) is 1.13. The average Bonchev–Trinajstić information content (AvgIpc) is 2.02. The Hall–Kier alpha value is -0.570. The summed E-state index contributed by atoms with van der Waals surface area (Å²) in [5.41, 5.74) is 5.62. The van der Waals surface area contributed by atoms with Gasteiger partial charge in [-0.25, -0.2) is 0 Å². The molecule has 3 N–H and O–H groups in total. The molecule has 0 rings (SSSR count). The van der Waals surface area contributed by atoms with Crippen LogP contribution in [0, 0.1) is 5.92 Å². The molecule has 84 valence electrons. The maximum Gasteiger partial charge on any atom is 0.237 e. The van der Waals surface area contributed by atoms with Crippen LogP contribution in [-0.2, 0) is 4.79 Å². The molecule has 0 aromatic carbocycles. The molecule has 1 unspecified atom stereocenters. The van der Waals surface area contributed by atoms with Gasteiger partial charge in [0.05, 0.1) is 6.04 Å². The molecule has 0 aromatic heterocycles. The average molecular weight is 200 g/mol.